The summed E-state index contributed by atoms with van der Waals surface area (Å²) in [6, 6.07) is 8.28. The Bertz CT molecular complexity index is 419. The van der Waals surface area contributed by atoms with Crippen LogP contribution in [-0.4, -0.2) is 24.2 Å². The van der Waals surface area contributed by atoms with E-state index in [0.29, 0.717) is 0 Å². The van der Waals surface area contributed by atoms with Gasteiger partial charge in [0.05, 0.1) is 0 Å². The van der Waals surface area contributed by atoms with E-state index in [2.05, 4.69) is 12.1 Å². The average Bonchev–Trinajstić information content (AvgIpc) is 2.58. The van der Waals surface area contributed by atoms with E-state index in [-0.39, 0.29) is 5.17 Å². The lowest BCUT2D eigenvalue weighted by atomic mass is 10.0. The van der Waals surface area contributed by atoms with Crippen LogP contribution in [0, 0.1) is 0 Å². The zero-order chi connectivity index (χ0) is 11.8. The van der Waals surface area contributed by atoms with Crippen molar-refractivity contribution in [1.82, 2.24) is 4.90 Å². The second-order valence-corrected chi connectivity index (χ2v) is 4.66. The van der Waals surface area contributed by atoms with E-state index in [1.165, 1.54) is 11.1 Å². The highest BCUT2D eigenvalue weighted by Gasteiger charge is 2.43. The summed E-state index contributed by atoms with van der Waals surface area (Å²) in [5.41, 5.74) is 7.54. The van der Waals surface area contributed by atoms with Crippen LogP contribution in [0.1, 0.15) is 17.5 Å². The standard InChI is InChI=1S/C12H16N2OS/c1-14(2)12(15-11(13)16)8-7-9-5-3-4-6-10(9)12/h3-6H,7-8H2,1-2H3,(H2,13,16). The first kappa shape index (κ1) is 11.4. The molecule has 0 spiro atoms. The highest BCUT2D eigenvalue weighted by atomic mass is 32.1. The molecule has 16 heavy (non-hydrogen) atoms. The van der Waals surface area contributed by atoms with E-state index < -0.39 is 5.72 Å². The molecule has 1 unspecified atom stereocenters. The third-order valence-electron chi connectivity index (χ3n) is 3.16. The first-order chi connectivity index (χ1) is 7.56. The van der Waals surface area contributed by atoms with Crippen molar-refractivity contribution in [3.8, 4) is 0 Å². The van der Waals surface area contributed by atoms with Crippen LogP contribution in [0.25, 0.3) is 0 Å². The quantitative estimate of drug-likeness (QED) is 0.625. The fourth-order valence-electron chi connectivity index (χ4n) is 2.39. The number of rotatable bonds is 2. The van der Waals surface area contributed by atoms with Crippen LogP contribution in [0.15, 0.2) is 24.3 Å². The van der Waals surface area contributed by atoms with Gasteiger partial charge in [0.1, 0.15) is 0 Å². The van der Waals surface area contributed by atoms with E-state index in [1.54, 1.807) is 0 Å². The van der Waals surface area contributed by atoms with Gasteiger partial charge in [-0.3, -0.25) is 4.90 Å². The molecule has 0 heterocycles. The Hall–Kier alpha value is -1.13. The largest absolute Gasteiger partial charge is 0.445 e. The third-order valence-corrected chi connectivity index (χ3v) is 3.25. The number of nitrogens with two attached hydrogens (primary N) is 1. The van der Waals surface area contributed by atoms with Crippen molar-refractivity contribution >= 4 is 17.4 Å². The molecule has 2 rings (SSSR count). The summed E-state index contributed by atoms with van der Waals surface area (Å²) in [6.45, 7) is 0. The minimum Gasteiger partial charge on any atom is -0.445 e. The van der Waals surface area contributed by atoms with Gasteiger partial charge in [0.2, 0.25) is 0 Å². The van der Waals surface area contributed by atoms with Gasteiger partial charge < -0.3 is 10.5 Å². The van der Waals surface area contributed by atoms with Crippen LogP contribution in [0.4, 0.5) is 0 Å². The van der Waals surface area contributed by atoms with E-state index in [1.807, 2.05) is 31.1 Å². The first-order valence-electron chi connectivity index (χ1n) is 5.30. The van der Waals surface area contributed by atoms with Crippen molar-refractivity contribution in [3.63, 3.8) is 0 Å². The number of thiocarbonyl (C=S) groups is 1. The minimum atomic E-state index is -0.484. The number of ether oxygens (including phenoxy) is 1. The Kier molecular flexibility index (Phi) is 2.86. The van der Waals surface area contributed by atoms with Crippen LogP contribution in [-0.2, 0) is 16.9 Å². The zero-order valence-corrected chi connectivity index (χ0v) is 10.4. The summed E-state index contributed by atoms with van der Waals surface area (Å²) in [5, 5.41) is 0.102. The molecule has 1 aromatic carbocycles. The lowest BCUT2D eigenvalue weighted by molar-refractivity contribution is -0.0720. The van der Waals surface area contributed by atoms with Crippen molar-refractivity contribution in [1.29, 1.82) is 0 Å². The molecule has 0 fully saturated rings. The fraction of sp³-hybridized carbons (Fsp3) is 0.417. The lowest BCUT2D eigenvalue weighted by Crippen LogP contribution is -2.44. The first-order valence-corrected chi connectivity index (χ1v) is 5.71. The number of benzene rings is 1. The molecule has 4 heteroatoms. The monoisotopic (exact) mass is 236 g/mol. The SMILES string of the molecule is CN(C)C1(OC(N)=S)CCc2ccccc21. The van der Waals surface area contributed by atoms with Crippen molar-refractivity contribution in [2.45, 2.75) is 18.6 Å². The Morgan fingerprint density at radius 2 is 2.12 bits per heavy atom. The molecule has 0 amide bonds. The second kappa shape index (κ2) is 4.03. The smallest absolute Gasteiger partial charge is 0.256 e. The molecule has 1 atom stereocenters. The van der Waals surface area contributed by atoms with Gasteiger partial charge in [0.15, 0.2) is 5.72 Å². The van der Waals surface area contributed by atoms with Crippen molar-refractivity contribution in [3.05, 3.63) is 35.4 Å². The molecule has 2 N–H and O–H groups in total. The molecule has 3 nitrogen and oxygen atoms in total. The van der Waals surface area contributed by atoms with Crippen LogP contribution < -0.4 is 5.73 Å². The molecule has 0 saturated carbocycles. The van der Waals surface area contributed by atoms with Crippen molar-refractivity contribution in [2.24, 2.45) is 5.73 Å². The maximum absolute atomic E-state index is 5.72. The van der Waals surface area contributed by atoms with Gasteiger partial charge in [0.25, 0.3) is 5.17 Å². The molecule has 0 aliphatic heterocycles. The molecule has 1 aliphatic rings. The lowest BCUT2D eigenvalue weighted by Gasteiger charge is -2.36. The number of nitrogens with zero attached hydrogens (tertiary/aromatic N) is 1. The fourth-order valence-corrected chi connectivity index (χ4v) is 2.52. The molecular weight excluding hydrogens is 220 g/mol. The molecular formula is C12H16N2OS. The summed E-state index contributed by atoms with van der Waals surface area (Å²) < 4.78 is 5.72. The van der Waals surface area contributed by atoms with Crippen LogP contribution in [0.5, 0.6) is 0 Å². The van der Waals surface area contributed by atoms with Gasteiger partial charge in [-0.25, -0.2) is 0 Å². The Morgan fingerprint density at radius 1 is 1.44 bits per heavy atom. The molecule has 1 aliphatic carbocycles. The summed E-state index contributed by atoms with van der Waals surface area (Å²) >= 11 is 4.88. The number of fused-ring (bicyclic) bond motifs is 1. The van der Waals surface area contributed by atoms with E-state index in [0.717, 1.165) is 12.8 Å². The Balaban J connectivity index is 2.47. The third kappa shape index (κ3) is 1.68. The second-order valence-electron chi connectivity index (χ2n) is 4.26. The van der Waals surface area contributed by atoms with Gasteiger partial charge in [-0.2, -0.15) is 0 Å². The molecule has 1 aromatic rings. The van der Waals surface area contributed by atoms with Gasteiger partial charge in [0, 0.05) is 12.0 Å². The topological polar surface area (TPSA) is 38.5 Å². The average molecular weight is 236 g/mol. The van der Waals surface area contributed by atoms with Gasteiger partial charge in [-0.05, 0) is 38.3 Å². The normalized spacial score (nSPS) is 23.2. The maximum Gasteiger partial charge on any atom is 0.256 e. The van der Waals surface area contributed by atoms with Crippen LogP contribution in [0.3, 0.4) is 0 Å². The van der Waals surface area contributed by atoms with E-state index in [4.69, 9.17) is 22.7 Å². The molecule has 0 bridgehead atoms. The van der Waals surface area contributed by atoms with Gasteiger partial charge >= 0.3 is 0 Å². The summed E-state index contributed by atoms with van der Waals surface area (Å²) in [5.74, 6) is 0. The zero-order valence-electron chi connectivity index (χ0n) is 9.56. The summed E-state index contributed by atoms with van der Waals surface area (Å²) in [7, 11) is 3.97. The van der Waals surface area contributed by atoms with Crippen LogP contribution in [0.2, 0.25) is 0 Å². The van der Waals surface area contributed by atoms with Crippen molar-refractivity contribution < 1.29 is 4.74 Å². The summed E-state index contributed by atoms with van der Waals surface area (Å²) in [4.78, 5) is 2.04. The number of hydrogen-bond donors (Lipinski definition) is 1. The van der Waals surface area contributed by atoms with E-state index in [9.17, 15) is 0 Å². The predicted octanol–water partition coefficient (Wildman–Crippen LogP) is 1.61. The highest BCUT2D eigenvalue weighted by Crippen LogP contribution is 2.41. The molecule has 86 valence electrons. The van der Waals surface area contributed by atoms with Gasteiger partial charge in [-0.15, -0.1) is 0 Å². The van der Waals surface area contributed by atoms with Crippen LogP contribution >= 0.6 is 12.2 Å². The predicted molar refractivity (Wildman–Crippen MR) is 68.0 cm³/mol. The molecule has 0 radical (unpaired) electrons. The number of hydrogen-bond acceptors (Lipinski definition) is 3. The van der Waals surface area contributed by atoms with E-state index >= 15 is 0 Å². The summed E-state index contributed by atoms with van der Waals surface area (Å²) in [6.07, 6.45) is 1.88. The Labute approximate surface area is 101 Å². The van der Waals surface area contributed by atoms with Gasteiger partial charge in [-0.1, -0.05) is 24.3 Å². The number of aryl methyl sites for hydroxylation is 1. The minimum absolute atomic E-state index is 0.102. The van der Waals surface area contributed by atoms with Crippen molar-refractivity contribution in [2.75, 3.05) is 14.1 Å². The maximum atomic E-state index is 5.72. The molecule has 0 aromatic heterocycles. The molecule has 0 saturated heterocycles. The Morgan fingerprint density at radius 3 is 2.75 bits per heavy atom. The highest BCUT2D eigenvalue weighted by molar-refractivity contribution is 7.80.